The van der Waals surface area contributed by atoms with E-state index in [-0.39, 0.29) is 53.9 Å². The van der Waals surface area contributed by atoms with E-state index in [1.165, 1.54) is 13.0 Å². The molecule has 4 rings (SSSR count). The number of aromatic nitrogens is 1. The largest absolute Gasteiger partial charge is 0.350 e. The lowest BCUT2D eigenvalue weighted by Crippen LogP contribution is -2.43. The molecule has 0 atom stereocenters. The first-order chi connectivity index (χ1) is 15.7. The molecule has 0 saturated heterocycles. The van der Waals surface area contributed by atoms with Crippen molar-refractivity contribution >= 4 is 56.0 Å². The van der Waals surface area contributed by atoms with E-state index < -0.39 is 5.82 Å². The number of fused-ring (bicyclic) bond motifs is 1. The van der Waals surface area contributed by atoms with Gasteiger partial charge in [-0.15, -0.1) is 0 Å². The topological polar surface area (TPSA) is 71.4 Å². The van der Waals surface area contributed by atoms with E-state index in [1.807, 2.05) is 18.2 Å². The first kappa shape index (κ1) is 23.4. The maximum Gasteiger partial charge on any atom is 0.243 e. The number of Topliss-reactive ketones (excluding diaryl/α,β-unsaturated/α-hetero) is 1. The molecular weight excluding hydrogens is 513 g/mol. The first-order valence-electron chi connectivity index (χ1n) is 10.5. The number of nitrogens with zero attached hydrogens (tertiary/aromatic N) is 2. The van der Waals surface area contributed by atoms with Gasteiger partial charge in [0, 0.05) is 39.8 Å². The molecule has 3 aromatic rings. The SMILES string of the molecule is CC(=O)c1cn(CC(=O)N(CC(=O)NCc2cccc(Cl)c2F)C2CC2)c2cc(Br)ccc12. The summed E-state index contributed by atoms with van der Waals surface area (Å²) in [7, 11) is 0. The van der Waals surface area contributed by atoms with Gasteiger partial charge in [-0.1, -0.05) is 45.7 Å². The highest BCUT2D eigenvalue weighted by atomic mass is 79.9. The summed E-state index contributed by atoms with van der Waals surface area (Å²) in [5, 5.41) is 3.43. The van der Waals surface area contributed by atoms with Gasteiger partial charge in [-0.25, -0.2) is 4.39 Å². The molecule has 0 bridgehead atoms. The number of ketones is 1. The third kappa shape index (κ3) is 5.28. The molecule has 2 amide bonds. The number of halogens is 3. The Kier molecular flexibility index (Phi) is 6.86. The van der Waals surface area contributed by atoms with Crippen LogP contribution >= 0.6 is 27.5 Å². The summed E-state index contributed by atoms with van der Waals surface area (Å²) in [6.45, 7) is 1.36. The standard InChI is InChI=1S/C24H22BrClFN3O3/c1-14(31)19-11-29(21-9-16(25)5-8-18(19)21)13-23(33)30(17-6-7-17)12-22(32)28-10-15-3-2-4-20(26)24(15)27/h2-5,8-9,11,17H,6-7,10,12-13H2,1H3,(H,28,32). The second kappa shape index (κ2) is 9.65. The van der Waals surface area contributed by atoms with Crippen LogP contribution in [0, 0.1) is 5.82 Å². The minimum Gasteiger partial charge on any atom is -0.350 e. The molecule has 9 heteroatoms. The number of hydrogen-bond donors (Lipinski definition) is 1. The predicted molar refractivity (Wildman–Crippen MR) is 128 cm³/mol. The smallest absolute Gasteiger partial charge is 0.243 e. The Hall–Kier alpha value is -2.71. The highest BCUT2D eigenvalue weighted by molar-refractivity contribution is 9.10. The lowest BCUT2D eigenvalue weighted by Gasteiger charge is -2.22. The number of nitrogens with one attached hydrogen (secondary N) is 1. The van der Waals surface area contributed by atoms with Crippen LogP contribution < -0.4 is 5.32 Å². The van der Waals surface area contributed by atoms with E-state index in [9.17, 15) is 18.8 Å². The number of rotatable bonds is 8. The Morgan fingerprint density at radius 2 is 2.00 bits per heavy atom. The van der Waals surface area contributed by atoms with Crippen molar-refractivity contribution in [2.24, 2.45) is 0 Å². The quantitative estimate of drug-likeness (QED) is 0.426. The lowest BCUT2D eigenvalue weighted by atomic mass is 10.1. The van der Waals surface area contributed by atoms with Gasteiger partial charge in [-0.3, -0.25) is 14.4 Å². The maximum absolute atomic E-state index is 14.1. The Balaban J connectivity index is 1.47. The minimum atomic E-state index is -0.568. The number of carbonyl (C=O) groups excluding carboxylic acids is 3. The van der Waals surface area contributed by atoms with Gasteiger partial charge < -0.3 is 14.8 Å². The van der Waals surface area contributed by atoms with E-state index in [4.69, 9.17) is 11.6 Å². The predicted octanol–water partition coefficient (Wildman–Crippen LogP) is 4.71. The van der Waals surface area contributed by atoms with Crippen molar-refractivity contribution in [2.45, 2.75) is 38.9 Å². The third-order valence-electron chi connectivity index (χ3n) is 5.66. The van der Waals surface area contributed by atoms with Crippen molar-refractivity contribution in [3.05, 3.63) is 69.0 Å². The van der Waals surface area contributed by atoms with Gasteiger partial charge in [0.05, 0.1) is 17.1 Å². The zero-order chi connectivity index (χ0) is 23.7. The molecule has 0 radical (unpaired) electrons. The van der Waals surface area contributed by atoms with Crippen LogP contribution in [0.25, 0.3) is 10.9 Å². The molecule has 1 heterocycles. The van der Waals surface area contributed by atoms with Crippen molar-refractivity contribution < 1.29 is 18.8 Å². The van der Waals surface area contributed by atoms with Crippen LogP contribution in [0.5, 0.6) is 0 Å². The monoisotopic (exact) mass is 533 g/mol. The van der Waals surface area contributed by atoms with Crippen LogP contribution in [0.15, 0.2) is 47.1 Å². The van der Waals surface area contributed by atoms with Gasteiger partial charge in [0.1, 0.15) is 12.4 Å². The van der Waals surface area contributed by atoms with Crippen LogP contribution in [0.2, 0.25) is 5.02 Å². The van der Waals surface area contributed by atoms with E-state index in [0.29, 0.717) is 5.56 Å². The molecule has 1 aliphatic rings. The maximum atomic E-state index is 14.1. The zero-order valence-corrected chi connectivity index (χ0v) is 20.2. The molecule has 6 nitrogen and oxygen atoms in total. The molecular formula is C24H22BrClFN3O3. The summed E-state index contributed by atoms with van der Waals surface area (Å²) in [4.78, 5) is 39.3. The highest BCUT2D eigenvalue weighted by Crippen LogP contribution is 2.29. The number of benzene rings is 2. The third-order valence-corrected chi connectivity index (χ3v) is 6.44. The molecule has 0 spiro atoms. The van der Waals surface area contributed by atoms with Crippen LogP contribution in [0.1, 0.15) is 35.7 Å². The summed E-state index contributed by atoms with van der Waals surface area (Å²) in [5.74, 6) is -1.24. The Morgan fingerprint density at radius 3 is 2.70 bits per heavy atom. The molecule has 1 saturated carbocycles. The van der Waals surface area contributed by atoms with Crippen LogP contribution in [-0.2, 0) is 22.7 Å². The van der Waals surface area contributed by atoms with Crippen LogP contribution in [-0.4, -0.2) is 39.7 Å². The first-order valence-corrected chi connectivity index (χ1v) is 11.7. The van der Waals surface area contributed by atoms with E-state index in [1.54, 1.807) is 27.8 Å². The second-order valence-corrected chi connectivity index (χ2v) is 9.45. The molecule has 2 aromatic carbocycles. The summed E-state index contributed by atoms with van der Waals surface area (Å²) in [6, 6.07) is 10.2. The number of carbonyl (C=O) groups is 3. The van der Waals surface area contributed by atoms with E-state index in [2.05, 4.69) is 21.2 Å². The average Bonchev–Trinajstić information content (AvgIpc) is 3.55. The highest BCUT2D eigenvalue weighted by Gasteiger charge is 2.34. The average molecular weight is 535 g/mol. The fourth-order valence-electron chi connectivity index (χ4n) is 3.81. The normalized spacial score (nSPS) is 13.2. The summed E-state index contributed by atoms with van der Waals surface area (Å²) in [6.07, 6.45) is 3.35. The fourth-order valence-corrected chi connectivity index (χ4v) is 4.35. The summed E-state index contributed by atoms with van der Waals surface area (Å²) in [5.41, 5.74) is 1.59. The van der Waals surface area contributed by atoms with Gasteiger partial charge in [0.25, 0.3) is 0 Å². The van der Waals surface area contributed by atoms with Gasteiger partial charge in [0.2, 0.25) is 11.8 Å². The second-order valence-electron chi connectivity index (χ2n) is 8.13. The molecule has 0 unspecified atom stereocenters. The van der Waals surface area contributed by atoms with Gasteiger partial charge in [-0.2, -0.15) is 0 Å². The fraction of sp³-hybridized carbons (Fsp3) is 0.292. The van der Waals surface area contributed by atoms with Crippen molar-refractivity contribution in [2.75, 3.05) is 6.54 Å². The molecule has 1 N–H and O–H groups in total. The number of hydrogen-bond acceptors (Lipinski definition) is 3. The van der Waals surface area contributed by atoms with E-state index >= 15 is 0 Å². The lowest BCUT2D eigenvalue weighted by molar-refractivity contribution is -0.137. The van der Waals surface area contributed by atoms with Crippen LogP contribution in [0.3, 0.4) is 0 Å². The molecule has 1 aliphatic carbocycles. The van der Waals surface area contributed by atoms with Gasteiger partial charge >= 0.3 is 0 Å². The van der Waals surface area contributed by atoms with Crippen molar-refractivity contribution in [3.63, 3.8) is 0 Å². The molecule has 172 valence electrons. The van der Waals surface area contributed by atoms with Crippen molar-refractivity contribution in [1.29, 1.82) is 0 Å². The van der Waals surface area contributed by atoms with Gasteiger partial charge in [0.15, 0.2) is 5.78 Å². The minimum absolute atomic E-state index is 0.00648. The molecule has 1 aromatic heterocycles. The Morgan fingerprint density at radius 1 is 1.24 bits per heavy atom. The molecule has 33 heavy (non-hydrogen) atoms. The zero-order valence-electron chi connectivity index (χ0n) is 17.9. The molecule has 0 aliphatic heterocycles. The van der Waals surface area contributed by atoms with Gasteiger partial charge in [-0.05, 0) is 38.0 Å². The summed E-state index contributed by atoms with van der Waals surface area (Å²) >= 11 is 9.23. The number of amides is 2. The van der Waals surface area contributed by atoms with Crippen LogP contribution in [0.4, 0.5) is 4.39 Å². The Labute approximate surface area is 203 Å². The summed E-state index contributed by atoms with van der Waals surface area (Å²) < 4.78 is 16.6. The van der Waals surface area contributed by atoms with E-state index in [0.717, 1.165) is 28.2 Å². The van der Waals surface area contributed by atoms with Crippen molar-refractivity contribution in [3.8, 4) is 0 Å². The molecule has 1 fully saturated rings. The Bertz CT molecular complexity index is 1260. The van der Waals surface area contributed by atoms with Crippen molar-refractivity contribution in [1.82, 2.24) is 14.8 Å².